The van der Waals surface area contributed by atoms with Gasteiger partial charge in [0, 0.05) is 42.6 Å². The number of piperidine rings is 1. The molecule has 0 unspecified atom stereocenters. The Morgan fingerprint density at radius 1 is 1.21 bits per heavy atom. The average molecular weight is 510 g/mol. The van der Waals surface area contributed by atoms with Crippen LogP contribution in [0.15, 0.2) is 52.1 Å². The summed E-state index contributed by atoms with van der Waals surface area (Å²) in [6.07, 6.45) is 1.43. The number of nitrogens with one attached hydrogen (secondary N) is 1. The summed E-state index contributed by atoms with van der Waals surface area (Å²) in [6.45, 7) is 2.91. The number of thiol groups is 1. The molecule has 0 saturated carbocycles. The number of carbonyl (C=O) groups is 1. The SMILES string of the molecule is CC(=O)NC1CC[N+]([O-])(Cc2ccc(Cl)c(Cl)c2)CC1.Nc1cccc(-c2nnc(S)o2)c1. The summed E-state index contributed by atoms with van der Waals surface area (Å²) in [5, 5.41) is 24.2. The van der Waals surface area contributed by atoms with Crippen LogP contribution in [0, 0.1) is 5.21 Å². The molecule has 8 nitrogen and oxygen atoms in total. The Labute approximate surface area is 207 Å². The molecule has 4 rings (SSSR count). The van der Waals surface area contributed by atoms with E-state index in [1.165, 1.54) is 6.92 Å². The van der Waals surface area contributed by atoms with Gasteiger partial charge in [0.05, 0.1) is 23.1 Å². The lowest BCUT2D eigenvalue weighted by atomic mass is 10.0. The lowest BCUT2D eigenvalue weighted by Crippen LogP contribution is -2.52. The van der Waals surface area contributed by atoms with Crippen LogP contribution in [0.1, 0.15) is 25.3 Å². The lowest BCUT2D eigenvalue weighted by Gasteiger charge is -2.47. The molecule has 3 aromatic rings. The normalized spacial score (nSPS) is 20.0. The minimum Gasteiger partial charge on any atom is -0.633 e. The van der Waals surface area contributed by atoms with E-state index < -0.39 is 0 Å². The fourth-order valence-corrected chi connectivity index (χ4v) is 4.05. The molecule has 0 aliphatic carbocycles. The Kier molecular flexibility index (Phi) is 8.61. The van der Waals surface area contributed by atoms with Gasteiger partial charge in [0.25, 0.3) is 5.22 Å². The molecule has 33 heavy (non-hydrogen) atoms. The van der Waals surface area contributed by atoms with Crippen molar-refractivity contribution in [1.29, 1.82) is 0 Å². The van der Waals surface area contributed by atoms with Crippen molar-refractivity contribution in [1.82, 2.24) is 15.5 Å². The number of benzene rings is 2. The first-order valence-corrected chi connectivity index (χ1v) is 11.5. The Morgan fingerprint density at radius 3 is 2.52 bits per heavy atom. The summed E-state index contributed by atoms with van der Waals surface area (Å²) in [4.78, 5) is 11.0. The van der Waals surface area contributed by atoms with Gasteiger partial charge >= 0.3 is 0 Å². The van der Waals surface area contributed by atoms with Crippen molar-refractivity contribution in [2.75, 3.05) is 18.8 Å². The molecule has 176 valence electrons. The van der Waals surface area contributed by atoms with Crippen molar-refractivity contribution in [3.63, 3.8) is 0 Å². The van der Waals surface area contributed by atoms with Gasteiger partial charge in [0.15, 0.2) is 0 Å². The molecule has 0 radical (unpaired) electrons. The van der Waals surface area contributed by atoms with E-state index in [9.17, 15) is 10.0 Å². The second-order valence-electron chi connectivity index (χ2n) is 7.90. The van der Waals surface area contributed by atoms with Gasteiger partial charge in [-0.1, -0.05) is 48.0 Å². The van der Waals surface area contributed by atoms with Gasteiger partial charge in [-0.15, -0.1) is 10.2 Å². The smallest absolute Gasteiger partial charge is 0.273 e. The largest absolute Gasteiger partial charge is 0.633 e. The number of halogens is 2. The van der Waals surface area contributed by atoms with Crippen LogP contribution in [0.2, 0.25) is 10.0 Å². The van der Waals surface area contributed by atoms with Crippen LogP contribution >= 0.6 is 35.8 Å². The zero-order valence-electron chi connectivity index (χ0n) is 18.0. The first-order chi connectivity index (χ1) is 15.6. The number of anilines is 1. The van der Waals surface area contributed by atoms with E-state index in [2.05, 4.69) is 28.1 Å². The first kappa shape index (κ1) is 25.3. The van der Waals surface area contributed by atoms with Crippen LogP contribution in [0.5, 0.6) is 0 Å². The van der Waals surface area contributed by atoms with Crippen molar-refractivity contribution in [2.45, 2.75) is 37.6 Å². The van der Waals surface area contributed by atoms with E-state index in [1.54, 1.807) is 24.3 Å². The highest BCUT2D eigenvalue weighted by Crippen LogP contribution is 2.27. The molecule has 11 heteroatoms. The molecule has 0 spiro atoms. The molecule has 1 aliphatic heterocycles. The van der Waals surface area contributed by atoms with Gasteiger partial charge in [-0.25, -0.2) is 0 Å². The number of nitrogen functional groups attached to an aromatic ring is 1. The third kappa shape index (κ3) is 7.62. The molecule has 1 aliphatic rings. The maximum Gasteiger partial charge on any atom is 0.273 e. The molecule has 1 fully saturated rings. The standard InChI is InChI=1S/C14H18Cl2N2O2.C8H7N3OS/c1-10(19)17-12-4-6-18(20,7-5-12)9-11-2-3-13(15)14(16)8-11;9-6-3-1-2-5(4-6)7-10-11-8(13)12-7/h2-3,8,12H,4-7,9H2,1H3,(H,17,19);1-4H,9H2,(H,11,13). The predicted molar refractivity (Wildman–Crippen MR) is 132 cm³/mol. The van der Waals surface area contributed by atoms with Crippen LogP contribution in [0.4, 0.5) is 5.69 Å². The quantitative estimate of drug-likeness (QED) is 0.203. The van der Waals surface area contributed by atoms with E-state index in [0.717, 1.165) is 11.1 Å². The van der Waals surface area contributed by atoms with Crippen molar-refractivity contribution in [2.24, 2.45) is 0 Å². The molecular weight excluding hydrogens is 485 g/mol. The minimum absolute atomic E-state index is 0.0367. The third-order valence-electron chi connectivity index (χ3n) is 5.18. The summed E-state index contributed by atoms with van der Waals surface area (Å²) in [5.41, 5.74) is 7.95. The van der Waals surface area contributed by atoms with Crippen LogP contribution in [-0.4, -0.2) is 39.9 Å². The second-order valence-corrected chi connectivity index (χ2v) is 9.10. The molecule has 1 amide bonds. The number of nitrogens with two attached hydrogens (primary N) is 1. The maximum atomic E-state index is 12.7. The summed E-state index contributed by atoms with van der Waals surface area (Å²) in [7, 11) is 0. The van der Waals surface area contributed by atoms with E-state index in [1.807, 2.05) is 18.2 Å². The predicted octanol–water partition coefficient (Wildman–Crippen LogP) is 4.71. The monoisotopic (exact) mass is 509 g/mol. The Hall–Kier alpha value is -2.30. The Morgan fingerprint density at radius 2 is 1.94 bits per heavy atom. The molecule has 0 bridgehead atoms. The highest BCUT2D eigenvalue weighted by atomic mass is 35.5. The summed E-state index contributed by atoms with van der Waals surface area (Å²) in [6, 6.07) is 12.7. The highest BCUT2D eigenvalue weighted by molar-refractivity contribution is 7.80. The second kappa shape index (κ2) is 11.2. The van der Waals surface area contributed by atoms with E-state index in [0.29, 0.717) is 54.1 Å². The molecule has 1 saturated heterocycles. The maximum absolute atomic E-state index is 12.7. The van der Waals surface area contributed by atoms with Crippen molar-refractivity contribution in [3.8, 4) is 11.5 Å². The van der Waals surface area contributed by atoms with Gasteiger partial charge in [0.1, 0.15) is 6.54 Å². The zero-order chi connectivity index (χ0) is 24.0. The van der Waals surface area contributed by atoms with E-state index in [-0.39, 0.29) is 21.8 Å². The highest BCUT2D eigenvalue weighted by Gasteiger charge is 2.27. The number of rotatable bonds is 4. The number of amides is 1. The molecule has 0 atom stereocenters. The fourth-order valence-electron chi connectivity index (χ4n) is 3.60. The third-order valence-corrected chi connectivity index (χ3v) is 6.10. The minimum atomic E-state index is -0.270. The van der Waals surface area contributed by atoms with Crippen LogP contribution < -0.4 is 11.1 Å². The van der Waals surface area contributed by atoms with Gasteiger partial charge in [0.2, 0.25) is 11.8 Å². The zero-order valence-corrected chi connectivity index (χ0v) is 20.4. The number of carbonyl (C=O) groups excluding carboxylic acids is 1. The molecule has 1 aromatic heterocycles. The van der Waals surface area contributed by atoms with Gasteiger partial charge in [-0.3, -0.25) is 4.79 Å². The van der Waals surface area contributed by atoms with Crippen molar-refractivity contribution in [3.05, 3.63) is 63.3 Å². The van der Waals surface area contributed by atoms with Crippen LogP contribution in [-0.2, 0) is 11.3 Å². The molecule has 3 N–H and O–H groups in total. The molecule has 2 aromatic carbocycles. The van der Waals surface area contributed by atoms with Crippen LogP contribution in [0.3, 0.4) is 0 Å². The van der Waals surface area contributed by atoms with Gasteiger partial charge in [-0.05, 0) is 30.3 Å². The molecular formula is C22H25Cl2N5O3S. The van der Waals surface area contributed by atoms with Gasteiger partial charge < -0.3 is 25.3 Å². The number of quaternary nitrogens is 1. The van der Waals surface area contributed by atoms with Gasteiger partial charge in [-0.2, -0.15) is 0 Å². The van der Waals surface area contributed by atoms with E-state index in [4.69, 9.17) is 33.4 Å². The van der Waals surface area contributed by atoms with Crippen molar-refractivity contribution < 1.29 is 13.9 Å². The Bertz CT molecular complexity index is 1100. The van der Waals surface area contributed by atoms with E-state index >= 15 is 0 Å². The fraction of sp³-hybridized carbons (Fsp3) is 0.318. The first-order valence-electron chi connectivity index (χ1n) is 10.3. The average Bonchev–Trinajstić information content (AvgIpc) is 3.19. The topological polar surface area (TPSA) is 117 Å². The number of nitrogens with zero attached hydrogens (tertiary/aromatic N) is 3. The summed E-state index contributed by atoms with van der Waals surface area (Å²) in [5.74, 6) is 0.391. The Balaban J connectivity index is 0.000000203. The lowest BCUT2D eigenvalue weighted by molar-refractivity contribution is -0.898. The van der Waals surface area contributed by atoms with Crippen LogP contribution in [0.25, 0.3) is 11.5 Å². The number of aromatic nitrogens is 2. The molecule has 2 heterocycles. The number of hydrogen-bond acceptors (Lipinski definition) is 7. The summed E-state index contributed by atoms with van der Waals surface area (Å²) >= 11 is 15.7. The van der Waals surface area contributed by atoms with Crippen molar-refractivity contribution >= 4 is 47.4 Å². The summed E-state index contributed by atoms with van der Waals surface area (Å²) < 4.78 is 4.84. The number of likely N-dealkylation sites (tertiary alicyclic amines) is 1. The number of hydroxylamine groups is 3. The number of hydrogen-bond donors (Lipinski definition) is 3.